The summed E-state index contributed by atoms with van der Waals surface area (Å²) in [6.45, 7) is 0. The van der Waals surface area contributed by atoms with Gasteiger partial charge in [-0.05, 0) is 30.3 Å². The molecule has 2 aromatic rings. The minimum absolute atomic E-state index is 0.675. The van der Waals surface area contributed by atoms with Crippen LogP contribution >= 0.6 is 11.6 Å². The maximum absolute atomic E-state index is 6.09. The Bertz CT molecular complexity index is 456. The molecule has 15 heavy (non-hydrogen) atoms. The second-order valence-corrected chi connectivity index (χ2v) is 3.47. The Labute approximate surface area is 93.5 Å². The summed E-state index contributed by atoms with van der Waals surface area (Å²) in [6, 6.07) is 11.2. The predicted octanol–water partition coefficient (Wildman–Crippen LogP) is 3.41. The van der Waals surface area contributed by atoms with Gasteiger partial charge >= 0.3 is 0 Å². The average Bonchev–Trinajstić information content (AvgIpc) is 2.31. The molecule has 2 rings (SSSR count). The van der Waals surface area contributed by atoms with E-state index in [1.54, 1.807) is 13.3 Å². The van der Waals surface area contributed by atoms with Gasteiger partial charge < -0.3 is 4.74 Å². The molecule has 1 aromatic carbocycles. The molecule has 3 heteroatoms. The van der Waals surface area contributed by atoms with E-state index in [0.717, 1.165) is 17.0 Å². The Kier molecular flexibility index (Phi) is 2.88. The number of nitrogens with zero attached hydrogens (tertiary/aromatic N) is 1. The monoisotopic (exact) mass is 219 g/mol. The summed E-state index contributed by atoms with van der Waals surface area (Å²) in [5.74, 6) is 0.778. The van der Waals surface area contributed by atoms with Crippen LogP contribution in [0.3, 0.4) is 0 Å². The van der Waals surface area contributed by atoms with E-state index in [-0.39, 0.29) is 0 Å². The van der Waals surface area contributed by atoms with Gasteiger partial charge in [0.2, 0.25) is 0 Å². The topological polar surface area (TPSA) is 22.1 Å². The van der Waals surface area contributed by atoms with Crippen LogP contribution in [0.25, 0.3) is 11.3 Å². The van der Waals surface area contributed by atoms with Crippen molar-refractivity contribution in [2.45, 2.75) is 0 Å². The molecular weight excluding hydrogens is 210 g/mol. The van der Waals surface area contributed by atoms with Crippen molar-refractivity contribution in [1.29, 1.82) is 0 Å². The van der Waals surface area contributed by atoms with Crippen molar-refractivity contribution in [2.24, 2.45) is 0 Å². The number of aromatic nitrogens is 1. The molecule has 0 atom stereocenters. The minimum atomic E-state index is 0.675. The van der Waals surface area contributed by atoms with Crippen molar-refractivity contribution in [3.8, 4) is 17.0 Å². The van der Waals surface area contributed by atoms with Gasteiger partial charge in [0.1, 0.15) is 5.75 Å². The number of pyridine rings is 1. The predicted molar refractivity (Wildman–Crippen MR) is 61.2 cm³/mol. The average molecular weight is 220 g/mol. The SMILES string of the molecule is COc1ccc(Cl)c(-c2ccccn2)c1. The normalized spacial score (nSPS) is 10.0. The van der Waals surface area contributed by atoms with Crippen molar-refractivity contribution in [2.75, 3.05) is 7.11 Å². The molecule has 0 saturated heterocycles. The Morgan fingerprint density at radius 3 is 2.73 bits per heavy atom. The molecule has 1 heterocycles. The van der Waals surface area contributed by atoms with E-state index < -0.39 is 0 Å². The van der Waals surface area contributed by atoms with E-state index in [1.165, 1.54) is 0 Å². The summed E-state index contributed by atoms with van der Waals surface area (Å²) in [7, 11) is 1.63. The fourth-order valence-corrected chi connectivity index (χ4v) is 1.56. The Morgan fingerprint density at radius 2 is 2.07 bits per heavy atom. The molecule has 0 radical (unpaired) electrons. The summed E-state index contributed by atoms with van der Waals surface area (Å²) in [5.41, 5.74) is 1.73. The summed E-state index contributed by atoms with van der Waals surface area (Å²) >= 11 is 6.09. The smallest absolute Gasteiger partial charge is 0.119 e. The molecule has 0 N–H and O–H groups in total. The van der Waals surface area contributed by atoms with E-state index >= 15 is 0 Å². The summed E-state index contributed by atoms with van der Waals surface area (Å²) in [4.78, 5) is 4.25. The first-order chi connectivity index (χ1) is 7.31. The van der Waals surface area contributed by atoms with Crippen LogP contribution in [0.2, 0.25) is 5.02 Å². The van der Waals surface area contributed by atoms with E-state index in [4.69, 9.17) is 16.3 Å². The minimum Gasteiger partial charge on any atom is -0.497 e. The maximum Gasteiger partial charge on any atom is 0.119 e. The molecule has 1 aromatic heterocycles. The Balaban J connectivity index is 2.52. The lowest BCUT2D eigenvalue weighted by atomic mass is 10.1. The van der Waals surface area contributed by atoms with Crippen molar-refractivity contribution in [3.63, 3.8) is 0 Å². The van der Waals surface area contributed by atoms with Gasteiger partial charge in [0.25, 0.3) is 0 Å². The first-order valence-corrected chi connectivity index (χ1v) is 4.94. The van der Waals surface area contributed by atoms with Crippen LogP contribution in [0.5, 0.6) is 5.75 Å². The molecule has 0 aliphatic rings. The third-order valence-corrected chi connectivity index (χ3v) is 2.44. The molecule has 0 bridgehead atoms. The van der Waals surface area contributed by atoms with E-state index in [0.29, 0.717) is 5.02 Å². The van der Waals surface area contributed by atoms with E-state index in [2.05, 4.69) is 4.98 Å². The zero-order chi connectivity index (χ0) is 10.7. The third-order valence-electron chi connectivity index (χ3n) is 2.11. The molecule has 0 unspecified atom stereocenters. The van der Waals surface area contributed by atoms with Crippen LogP contribution in [0, 0.1) is 0 Å². The number of rotatable bonds is 2. The number of methoxy groups -OCH3 is 1. The van der Waals surface area contributed by atoms with Gasteiger partial charge in [0, 0.05) is 11.8 Å². The molecule has 0 aliphatic heterocycles. The van der Waals surface area contributed by atoms with Crippen LogP contribution in [-0.4, -0.2) is 12.1 Å². The summed E-state index contributed by atoms with van der Waals surface area (Å²) in [6.07, 6.45) is 1.74. The Hall–Kier alpha value is -1.54. The molecule has 76 valence electrons. The van der Waals surface area contributed by atoms with Gasteiger partial charge in [-0.1, -0.05) is 17.7 Å². The van der Waals surface area contributed by atoms with Gasteiger partial charge in [0.15, 0.2) is 0 Å². The van der Waals surface area contributed by atoms with Crippen LogP contribution < -0.4 is 4.74 Å². The molecule has 0 fully saturated rings. The molecular formula is C12H10ClNO. The van der Waals surface area contributed by atoms with Gasteiger partial charge in [-0.25, -0.2) is 0 Å². The molecule has 0 aliphatic carbocycles. The van der Waals surface area contributed by atoms with Gasteiger partial charge in [0.05, 0.1) is 17.8 Å². The number of hydrogen-bond donors (Lipinski definition) is 0. The highest BCUT2D eigenvalue weighted by Crippen LogP contribution is 2.29. The summed E-state index contributed by atoms with van der Waals surface area (Å²) < 4.78 is 5.14. The van der Waals surface area contributed by atoms with Crippen LogP contribution in [0.15, 0.2) is 42.6 Å². The first-order valence-electron chi connectivity index (χ1n) is 4.56. The number of hydrogen-bond acceptors (Lipinski definition) is 2. The van der Waals surface area contributed by atoms with Gasteiger partial charge in [-0.2, -0.15) is 0 Å². The van der Waals surface area contributed by atoms with Crippen LogP contribution in [0.1, 0.15) is 0 Å². The van der Waals surface area contributed by atoms with E-state index in [9.17, 15) is 0 Å². The number of ether oxygens (including phenoxy) is 1. The lowest BCUT2D eigenvalue weighted by Crippen LogP contribution is -1.86. The lowest BCUT2D eigenvalue weighted by Gasteiger charge is -2.05. The molecule has 0 saturated carbocycles. The van der Waals surface area contributed by atoms with Gasteiger partial charge in [-0.15, -0.1) is 0 Å². The number of halogens is 1. The first kappa shape index (κ1) is 9.99. The Morgan fingerprint density at radius 1 is 1.20 bits per heavy atom. The number of benzene rings is 1. The third kappa shape index (κ3) is 2.10. The zero-order valence-electron chi connectivity index (χ0n) is 8.27. The van der Waals surface area contributed by atoms with Crippen molar-refractivity contribution >= 4 is 11.6 Å². The standard InChI is InChI=1S/C12H10ClNO/c1-15-9-5-6-11(13)10(8-9)12-4-2-3-7-14-12/h2-8H,1H3. The quantitative estimate of drug-likeness (QED) is 0.772. The molecule has 2 nitrogen and oxygen atoms in total. The largest absolute Gasteiger partial charge is 0.497 e. The summed E-state index contributed by atoms with van der Waals surface area (Å²) in [5, 5.41) is 0.675. The van der Waals surface area contributed by atoms with Crippen molar-refractivity contribution in [3.05, 3.63) is 47.6 Å². The van der Waals surface area contributed by atoms with E-state index in [1.807, 2.05) is 36.4 Å². The van der Waals surface area contributed by atoms with Crippen molar-refractivity contribution < 1.29 is 4.74 Å². The highest BCUT2D eigenvalue weighted by atomic mass is 35.5. The van der Waals surface area contributed by atoms with Crippen LogP contribution in [-0.2, 0) is 0 Å². The van der Waals surface area contributed by atoms with Crippen molar-refractivity contribution in [1.82, 2.24) is 4.98 Å². The molecule has 0 spiro atoms. The zero-order valence-corrected chi connectivity index (χ0v) is 9.03. The highest BCUT2D eigenvalue weighted by molar-refractivity contribution is 6.33. The van der Waals surface area contributed by atoms with Gasteiger partial charge in [-0.3, -0.25) is 4.98 Å². The second kappa shape index (κ2) is 4.32. The molecule has 0 amide bonds. The maximum atomic E-state index is 6.09. The lowest BCUT2D eigenvalue weighted by molar-refractivity contribution is 0.415. The fourth-order valence-electron chi connectivity index (χ4n) is 1.35. The highest BCUT2D eigenvalue weighted by Gasteiger charge is 2.05. The van der Waals surface area contributed by atoms with Crippen LogP contribution in [0.4, 0.5) is 0 Å². The second-order valence-electron chi connectivity index (χ2n) is 3.06. The fraction of sp³-hybridized carbons (Fsp3) is 0.0833.